The number of hydrogen-bond donors (Lipinski definition) is 2. The van der Waals surface area contributed by atoms with E-state index in [1.807, 2.05) is 12.1 Å². The summed E-state index contributed by atoms with van der Waals surface area (Å²) in [7, 11) is 0. The summed E-state index contributed by atoms with van der Waals surface area (Å²) in [6.07, 6.45) is 5.11. The molecule has 0 spiro atoms. The number of benzene rings is 1. The summed E-state index contributed by atoms with van der Waals surface area (Å²) in [6, 6.07) is 8.60. The second-order valence-corrected chi connectivity index (χ2v) is 4.34. The summed E-state index contributed by atoms with van der Waals surface area (Å²) >= 11 is 0. The lowest BCUT2D eigenvalue weighted by atomic mass is 10.1. The van der Waals surface area contributed by atoms with Gasteiger partial charge in [0.05, 0.1) is 12.3 Å². The summed E-state index contributed by atoms with van der Waals surface area (Å²) in [6.45, 7) is 0.414. The number of ether oxygens (including phenoxy) is 1. The van der Waals surface area contributed by atoms with E-state index >= 15 is 0 Å². The first-order valence-corrected chi connectivity index (χ1v) is 6.32. The summed E-state index contributed by atoms with van der Waals surface area (Å²) in [5.74, 6) is -0.795. The van der Waals surface area contributed by atoms with Crippen LogP contribution >= 0.6 is 0 Å². The van der Waals surface area contributed by atoms with Crippen molar-refractivity contribution in [2.45, 2.75) is 12.8 Å². The largest absolute Gasteiger partial charge is 0.491 e. The maximum atomic E-state index is 11.1. The molecule has 1 heterocycles. The number of anilines is 1. The van der Waals surface area contributed by atoms with Crippen LogP contribution in [0.4, 0.5) is 5.69 Å². The number of nitrogen functional groups attached to an aromatic ring is 1. The average Bonchev–Trinajstić information content (AvgIpc) is 2.45. The number of carbonyl (C=O) groups is 1. The van der Waals surface area contributed by atoms with Crippen molar-refractivity contribution in [1.29, 1.82) is 0 Å². The van der Waals surface area contributed by atoms with Crippen LogP contribution in [-0.4, -0.2) is 22.7 Å². The van der Waals surface area contributed by atoms with Crippen molar-refractivity contribution in [2.24, 2.45) is 0 Å². The molecule has 0 aliphatic heterocycles. The van der Waals surface area contributed by atoms with Crippen molar-refractivity contribution in [3.63, 3.8) is 0 Å². The molecule has 2 rings (SSSR count). The molecule has 20 heavy (non-hydrogen) atoms. The average molecular weight is 272 g/mol. The van der Waals surface area contributed by atoms with Crippen LogP contribution in [0.3, 0.4) is 0 Å². The van der Waals surface area contributed by atoms with Crippen molar-refractivity contribution in [3.05, 3.63) is 53.9 Å². The fourth-order valence-corrected chi connectivity index (χ4v) is 1.88. The molecule has 0 unspecified atom stereocenters. The third-order valence-corrected chi connectivity index (χ3v) is 2.88. The van der Waals surface area contributed by atoms with Gasteiger partial charge in [-0.25, -0.2) is 4.79 Å². The zero-order valence-corrected chi connectivity index (χ0v) is 11.0. The monoisotopic (exact) mass is 272 g/mol. The Balaban J connectivity index is 1.93. The highest BCUT2D eigenvalue weighted by Crippen LogP contribution is 2.26. The van der Waals surface area contributed by atoms with Crippen molar-refractivity contribution < 1.29 is 14.6 Å². The Kier molecular flexibility index (Phi) is 4.55. The first-order chi connectivity index (χ1) is 9.68. The number of hydrogen-bond acceptors (Lipinski definition) is 4. The van der Waals surface area contributed by atoms with Gasteiger partial charge in [-0.05, 0) is 42.7 Å². The molecule has 0 bridgehead atoms. The molecule has 0 aliphatic rings. The Labute approximate surface area is 117 Å². The highest BCUT2D eigenvalue weighted by Gasteiger charge is 2.13. The van der Waals surface area contributed by atoms with E-state index in [4.69, 9.17) is 15.6 Å². The van der Waals surface area contributed by atoms with Gasteiger partial charge in [0, 0.05) is 12.4 Å². The van der Waals surface area contributed by atoms with E-state index in [1.54, 1.807) is 24.5 Å². The lowest BCUT2D eigenvalue weighted by molar-refractivity contribution is 0.0692. The summed E-state index contributed by atoms with van der Waals surface area (Å²) in [5.41, 5.74) is 7.36. The number of carboxylic acid groups (broad SMARTS) is 1. The minimum atomic E-state index is -1.04. The van der Waals surface area contributed by atoms with Gasteiger partial charge in [-0.2, -0.15) is 0 Å². The minimum Gasteiger partial charge on any atom is -0.491 e. The van der Waals surface area contributed by atoms with Crippen LogP contribution in [0.5, 0.6) is 5.75 Å². The van der Waals surface area contributed by atoms with Crippen LogP contribution in [0.1, 0.15) is 22.3 Å². The lowest BCUT2D eigenvalue weighted by Crippen LogP contribution is -2.07. The SMILES string of the molecule is Nc1cccc(C(=O)O)c1OCCCc1ccncc1. The van der Waals surface area contributed by atoms with Crippen molar-refractivity contribution in [3.8, 4) is 5.75 Å². The van der Waals surface area contributed by atoms with E-state index in [1.165, 1.54) is 11.6 Å². The number of aromatic carboxylic acids is 1. The van der Waals surface area contributed by atoms with Gasteiger partial charge in [0.2, 0.25) is 0 Å². The highest BCUT2D eigenvalue weighted by molar-refractivity contribution is 5.93. The maximum absolute atomic E-state index is 11.1. The third-order valence-electron chi connectivity index (χ3n) is 2.88. The molecule has 1 aromatic heterocycles. The van der Waals surface area contributed by atoms with Gasteiger partial charge in [0.1, 0.15) is 5.56 Å². The summed E-state index contributed by atoms with van der Waals surface area (Å²) in [4.78, 5) is 15.0. The smallest absolute Gasteiger partial charge is 0.339 e. The van der Waals surface area contributed by atoms with Gasteiger partial charge in [0.25, 0.3) is 0 Å². The second kappa shape index (κ2) is 6.56. The number of aromatic nitrogens is 1. The molecule has 2 aromatic rings. The van der Waals surface area contributed by atoms with Crippen LogP contribution in [0.2, 0.25) is 0 Å². The van der Waals surface area contributed by atoms with Crippen molar-refractivity contribution in [2.75, 3.05) is 12.3 Å². The van der Waals surface area contributed by atoms with Crippen LogP contribution in [0.15, 0.2) is 42.7 Å². The van der Waals surface area contributed by atoms with E-state index < -0.39 is 5.97 Å². The molecule has 5 nitrogen and oxygen atoms in total. The fourth-order valence-electron chi connectivity index (χ4n) is 1.88. The number of aryl methyl sites for hydroxylation is 1. The molecule has 0 atom stereocenters. The molecule has 104 valence electrons. The normalized spacial score (nSPS) is 10.2. The number of nitrogens with zero attached hydrogens (tertiary/aromatic N) is 1. The summed E-state index contributed by atoms with van der Waals surface area (Å²) in [5, 5.41) is 9.08. The van der Waals surface area contributed by atoms with Crippen LogP contribution in [-0.2, 0) is 6.42 Å². The van der Waals surface area contributed by atoms with Crippen LogP contribution in [0, 0.1) is 0 Å². The number of nitrogens with two attached hydrogens (primary N) is 1. The third kappa shape index (κ3) is 3.47. The first-order valence-electron chi connectivity index (χ1n) is 6.32. The predicted octanol–water partition coefficient (Wildman–Crippen LogP) is 2.37. The number of pyridine rings is 1. The number of carboxylic acids is 1. The van der Waals surface area contributed by atoms with Gasteiger partial charge in [-0.1, -0.05) is 6.07 Å². The van der Waals surface area contributed by atoms with E-state index in [0.717, 1.165) is 12.8 Å². The molecular formula is C15H16N2O3. The van der Waals surface area contributed by atoms with Gasteiger partial charge in [-0.15, -0.1) is 0 Å². The minimum absolute atomic E-state index is 0.0916. The zero-order valence-electron chi connectivity index (χ0n) is 11.0. The Hall–Kier alpha value is -2.56. The summed E-state index contributed by atoms with van der Waals surface area (Å²) < 4.78 is 5.53. The van der Waals surface area contributed by atoms with E-state index in [2.05, 4.69) is 4.98 Å². The molecule has 5 heteroatoms. The number of rotatable bonds is 6. The fraction of sp³-hybridized carbons (Fsp3) is 0.200. The molecular weight excluding hydrogens is 256 g/mol. The predicted molar refractivity (Wildman–Crippen MR) is 75.9 cm³/mol. The van der Waals surface area contributed by atoms with Gasteiger partial charge < -0.3 is 15.6 Å². The van der Waals surface area contributed by atoms with Crippen molar-refractivity contribution in [1.82, 2.24) is 4.98 Å². The topological polar surface area (TPSA) is 85.4 Å². The molecule has 0 aliphatic carbocycles. The Bertz CT molecular complexity index is 585. The maximum Gasteiger partial charge on any atom is 0.339 e. The molecule has 0 radical (unpaired) electrons. The Morgan fingerprint density at radius 3 is 2.70 bits per heavy atom. The van der Waals surface area contributed by atoms with Gasteiger partial charge in [0.15, 0.2) is 5.75 Å². The van der Waals surface area contributed by atoms with Crippen LogP contribution < -0.4 is 10.5 Å². The lowest BCUT2D eigenvalue weighted by Gasteiger charge is -2.11. The Morgan fingerprint density at radius 2 is 2.00 bits per heavy atom. The zero-order chi connectivity index (χ0) is 14.4. The molecule has 0 amide bonds. The Morgan fingerprint density at radius 1 is 1.25 bits per heavy atom. The molecule has 0 saturated carbocycles. The molecule has 0 fully saturated rings. The van der Waals surface area contributed by atoms with Gasteiger partial charge >= 0.3 is 5.97 Å². The molecule has 1 aromatic carbocycles. The van der Waals surface area contributed by atoms with Crippen LogP contribution in [0.25, 0.3) is 0 Å². The molecule has 0 saturated heterocycles. The second-order valence-electron chi connectivity index (χ2n) is 4.34. The highest BCUT2D eigenvalue weighted by atomic mass is 16.5. The number of para-hydroxylation sites is 1. The van der Waals surface area contributed by atoms with E-state index in [9.17, 15) is 4.79 Å². The first kappa shape index (κ1) is 13.9. The van der Waals surface area contributed by atoms with E-state index in [0.29, 0.717) is 12.3 Å². The molecule has 3 N–H and O–H groups in total. The quantitative estimate of drug-likeness (QED) is 0.623. The van der Waals surface area contributed by atoms with Gasteiger partial charge in [-0.3, -0.25) is 4.98 Å². The van der Waals surface area contributed by atoms with E-state index in [-0.39, 0.29) is 11.3 Å². The standard InChI is InChI=1S/C15H16N2O3/c16-13-5-1-4-12(15(18)19)14(13)20-10-2-3-11-6-8-17-9-7-11/h1,4-9H,2-3,10,16H2,(H,18,19). The van der Waals surface area contributed by atoms with Crippen molar-refractivity contribution >= 4 is 11.7 Å².